The highest BCUT2D eigenvalue weighted by Gasteiger charge is 2.35. The summed E-state index contributed by atoms with van der Waals surface area (Å²) in [5.41, 5.74) is 1.84. The lowest BCUT2D eigenvalue weighted by Gasteiger charge is -2.38. The lowest BCUT2D eigenvalue weighted by Crippen LogP contribution is -2.50. The number of para-hydroxylation sites is 3. The van der Waals surface area contributed by atoms with Gasteiger partial charge in [-0.15, -0.1) is 0 Å². The lowest BCUT2D eigenvalue weighted by atomic mass is 9.99. The molecule has 4 N–H and O–H groups in total. The molecule has 10 heteroatoms. The number of hydrogen-bond acceptors (Lipinski definition) is 5. The molecule has 0 saturated heterocycles. The Hall–Kier alpha value is -4.57. The van der Waals surface area contributed by atoms with Crippen LogP contribution in [-0.4, -0.2) is 71.8 Å². The molecule has 3 atom stereocenters. The van der Waals surface area contributed by atoms with Crippen molar-refractivity contribution in [2.24, 2.45) is 5.92 Å². The van der Waals surface area contributed by atoms with Crippen LogP contribution in [0.2, 0.25) is 0 Å². The fraction of sp³-hybridized carbons (Fsp3) is 0.300. The Kier molecular flexibility index (Phi) is 9.23. The molecule has 0 aromatic heterocycles. The summed E-state index contributed by atoms with van der Waals surface area (Å²) in [7, 11) is 1.67. The molecule has 10 nitrogen and oxygen atoms in total. The van der Waals surface area contributed by atoms with Crippen LogP contribution in [0.15, 0.2) is 78.9 Å². The maximum absolute atomic E-state index is 13.6. The molecule has 210 valence electrons. The molecule has 1 aliphatic heterocycles. The number of urea groups is 2. The Bertz CT molecular complexity index is 1320. The Morgan fingerprint density at radius 2 is 1.60 bits per heavy atom. The number of ether oxygens (including phenoxy) is 1. The predicted molar refractivity (Wildman–Crippen MR) is 155 cm³/mol. The van der Waals surface area contributed by atoms with Crippen LogP contribution in [0.5, 0.6) is 5.75 Å². The van der Waals surface area contributed by atoms with Gasteiger partial charge in [0.1, 0.15) is 6.10 Å². The number of aliphatic hydroxyl groups excluding tert-OH is 1. The van der Waals surface area contributed by atoms with Crippen LogP contribution in [-0.2, 0) is 0 Å². The minimum absolute atomic E-state index is 0.208. The lowest BCUT2D eigenvalue weighted by molar-refractivity contribution is 0.0373. The van der Waals surface area contributed by atoms with Crippen molar-refractivity contribution in [1.29, 1.82) is 0 Å². The van der Waals surface area contributed by atoms with Crippen molar-refractivity contribution in [2.75, 3.05) is 42.7 Å². The number of amides is 5. The normalized spacial score (nSPS) is 17.4. The van der Waals surface area contributed by atoms with Crippen molar-refractivity contribution in [2.45, 2.75) is 26.0 Å². The van der Waals surface area contributed by atoms with E-state index in [1.807, 2.05) is 43.3 Å². The summed E-state index contributed by atoms with van der Waals surface area (Å²) in [5.74, 6) is -0.326. The van der Waals surface area contributed by atoms with Crippen LogP contribution >= 0.6 is 0 Å². The molecule has 5 amide bonds. The SMILES string of the molecule is C[C@H](CO)N1C[C@H](C)[C@H](CN(C)C(=O)Nc2ccccc2)Oc2c(NC(=O)Nc3ccccc3)cccc2C1=O. The van der Waals surface area contributed by atoms with Crippen LogP contribution < -0.4 is 20.7 Å². The zero-order valence-corrected chi connectivity index (χ0v) is 22.8. The third kappa shape index (κ3) is 6.89. The first-order chi connectivity index (χ1) is 19.3. The summed E-state index contributed by atoms with van der Waals surface area (Å²) < 4.78 is 6.46. The molecule has 3 aromatic carbocycles. The summed E-state index contributed by atoms with van der Waals surface area (Å²) in [6, 6.07) is 21.8. The van der Waals surface area contributed by atoms with Gasteiger partial charge >= 0.3 is 12.1 Å². The van der Waals surface area contributed by atoms with Crippen LogP contribution in [0.4, 0.5) is 26.7 Å². The monoisotopic (exact) mass is 545 g/mol. The second-order valence-corrected chi connectivity index (χ2v) is 9.93. The third-order valence-corrected chi connectivity index (χ3v) is 6.80. The molecule has 0 spiro atoms. The quantitative estimate of drug-likeness (QED) is 0.342. The molecule has 0 aliphatic carbocycles. The summed E-state index contributed by atoms with van der Waals surface area (Å²) in [5, 5.41) is 18.3. The van der Waals surface area contributed by atoms with E-state index in [9.17, 15) is 19.5 Å². The molecule has 40 heavy (non-hydrogen) atoms. The minimum atomic E-state index is -0.535. The number of anilines is 3. The number of likely N-dealkylation sites (N-methyl/N-ethyl adjacent to an activating group) is 1. The number of aliphatic hydroxyl groups is 1. The van der Waals surface area contributed by atoms with Gasteiger partial charge in [0.25, 0.3) is 5.91 Å². The largest absolute Gasteiger partial charge is 0.485 e. The van der Waals surface area contributed by atoms with E-state index >= 15 is 0 Å². The van der Waals surface area contributed by atoms with Crippen molar-refractivity contribution in [3.63, 3.8) is 0 Å². The van der Waals surface area contributed by atoms with E-state index in [1.165, 1.54) is 4.90 Å². The van der Waals surface area contributed by atoms with Crippen molar-refractivity contribution in [3.8, 4) is 5.75 Å². The molecular weight excluding hydrogens is 510 g/mol. The highest BCUT2D eigenvalue weighted by molar-refractivity contribution is 6.04. The van der Waals surface area contributed by atoms with Crippen LogP contribution in [0.1, 0.15) is 24.2 Å². The smallest absolute Gasteiger partial charge is 0.323 e. The van der Waals surface area contributed by atoms with Crippen LogP contribution in [0.3, 0.4) is 0 Å². The Morgan fingerprint density at radius 3 is 2.23 bits per heavy atom. The van der Waals surface area contributed by atoms with E-state index in [2.05, 4.69) is 16.0 Å². The highest BCUT2D eigenvalue weighted by Crippen LogP contribution is 2.35. The summed E-state index contributed by atoms with van der Waals surface area (Å²) in [6.07, 6.45) is -0.535. The Balaban J connectivity index is 1.62. The summed E-state index contributed by atoms with van der Waals surface area (Å²) in [6.45, 7) is 4.01. The number of nitrogens with one attached hydrogen (secondary N) is 3. The minimum Gasteiger partial charge on any atom is -0.485 e. The molecule has 0 fully saturated rings. The van der Waals surface area contributed by atoms with E-state index in [1.54, 1.807) is 61.3 Å². The zero-order valence-electron chi connectivity index (χ0n) is 22.8. The number of benzene rings is 3. The van der Waals surface area contributed by atoms with Gasteiger partial charge in [0.2, 0.25) is 0 Å². The zero-order chi connectivity index (χ0) is 28.6. The number of rotatable bonds is 7. The number of carbonyl (C=O) groups is 3. The van der Waals surface area contributed by atoms with E-state index in [4.69, 9.17) is 4.74 Å². The Morgan fingerprint density at radius 1 is 0.975 bits per heavy atom. The second kappa shape index (κ2) is 13.0. The van der Waals surface area contributed by atoms with Gasteiger partial charge in [0, 0.05) is 30.9 Å². The highest BCUT2D eigenvalue weighted by atomic mass is 16.5. The van der Waals surface area contributed by atoms with Gasteiger partial charge in [0.05, 0.1) is 30.4 Å². The fourth-order valence-corrected chi connectivity index (χ4v) is 4.46. The first kappa shape index (κ1) is 28.4. The van der Waals surface area contributed by atoms with Gasteiger partial charge in [-0.2, -0.15) is 0 Å². The van der Waals surface area contributed by atoms with Gasteiger partial charge in [-0.3, -0.25) is 4.79 Å². The van der Waals surface area contributed by atoms with Crippen LogP contribution in [0, 0.1) is 5.92 Å². The summed E-state index contributed by atoms with van der Waals surface area (Å²) in [4.78, 5) is 42.6. The first-order valence-corrected chi connectivity index (χ1v) is 13.2. The van der Waals surface area contributed by atoms with Gasteiger partial charge in [-0.05, 0) is 43.3 Å². The van der Waals surface area contributed by atoms with Crippen molar-refractivity contribution >= 4 is 35.0 Å². The van der Waals surface area contributed by atoms with E-state index in [0.29, 0.717) is 23.6 Å². The van der Waals surface area contributed by atoms with E-state index in [0.717, 1.165) is 0 Å². The molecular formula is C30H35N5O5. The molecule has 0 unspecified atom stereocenters. The van der Waals surface area contributed by atoms with Crippen LogP contribution in [0.25, 0.3) is 0 Å². The molecule has 4 rings (SSSR count). The molecule has 0 bridgehead atoms. The molecule has 3 aromatic rings. The number of fused-ring (bicyclic) bond motifs is 1. The van der Waals surface area contributed by atoms with Gasteiger partial charge < -0.3 is 35.6 Å². The maximum atomic E-state index is 13.6. The molecule has 0 saturated carbocycles. The predicted octanol–water partition coefficient (Wildman–Crippen LogP) is 4.71. The van der Waals surface area contributed by atoms with Crippen molar-refractivity contribution in [3.05, 3.63) is 84.4 Å². The van der Waals surface area contributed by atoms with Gasteiger partial charge in [0.15, 0.2) is 5.75 Å². The van der Waals surface area contributed by atoms with E-state index in [-0.39, 0.29) is 42.3 Å². The van der Waals surface area contributed by atoms with Gasteiger partial charge in [-0.1, -0.05) is 49.4 Å². The fourth-order valence-electron chi connectivity index (χ4n) is 4.46. The van der Waals surface area contributed by atoms with Crippen molar-refractivity contribution < 1.29 is 24.2 Å². The number of hydrogen-bond donors (Lipinski definition) is 4. The molecule has 1 aliphatic rings. The van der Waals surface area contributed by atoms with Gasteiger partial charge in [-0.25, -0.2) is 9.59 Å². The standard InChI is InChI=1S/C30H35N5O5/c1-20-17-35(21(2)19-36)28(37)24-15-10-16-25(33-29(38)31-22-11-6-4-7-12-22)27(24)40-26(20)18-34(3)30(39)32-23-13-8-5-9-14-23/h4-16,20-21,26,36H,17-19H2,1-3H3,(H,32,39)(H2,31,33,38)/t20-,21+,26-/m0/s1. The number of nitrogens with zero attached hydrogens (tertiary/aromatic N) is 2. The maximum Gasteiger partial charge on any atom is 0.323 e. The summed E-state index contributed by atoms with van der Waals surface area (Å²) >= 11 is 0. The van der Waals surface area contributed by atoms with Crippen molar-refractivity contribution in [1.82, 2.24) is 9.80 Å². The van der Waals surface area contributed by atoms with E-state index < -0.39 is 18.2 Å². The molecule has 0 radical (unpaired) electrons. The second-order valence-electron chi connectivity index (χ2n) is 9.93. The molecule has 1 heterocycles. The third-order valence-electron chi connectivity index (χ3n) is 6.80. The average Bonchev–Trinajstić information content (AvgIpc) is 2.95. The first-order valence-electron chi connectivity index (χ1n) is 13.2. The Labute approximate surface area is 233 Å². The number of carbonyl (C=O) groups excluding carboxylic acids is 3. The topological polar surface area (TPSA) is 123 Å². The average molecular weight is 546 g/mol.